The fourth-order valence-corrected chi connectivity index (χ4v) is 3.11. The average molecular weight is 335 g/mol. The Morgan fingerprint density at radius 3 is 2.56 bits per heavy atom. The van der Waals surface area contributed by atoms with Crippen LogP contribution in [0.5, 0.6) is 0 Å². The van der Waals surface area contributed by atoms with Gasteiger partial charge in [-0.05, 0) is 30.5 Å². The summed E-state index contributed by atoms with van der Waals surface area (Å²) in [5.74, 6) is 1.19. The molecule has 25 heavy (non-hydrogen) atoms. The summed E-state index contributed by atoms with van der Waals surface area (Å²) in [6.45, 7) is 3.17. The minimum absolute atomic E-state index is 0.0460. The lowest BCUT2D eigenvalue weighted by Gasteiger charge is -2.10. The molecule has 4 heteroatoms. The molecule has 1 N–H and O–H groups in total. The number of nitrogens with zero attached hydrogens (tertiary/aromatic N) is 2. The number of benzene rings is 2. The molecule has 0 spiro atoms. The van der Waals surface area contributed by atoms with Crippen molar-refractivity contribution < 1.29 is 4.79 Å². The first-order valence-electron chi connectivity index (χ1n) is 8.96. The van der Waals surface area contributed by atoms with Crippen LogP contribution < -0.4 is 5.32 Å². The van der Waals surface area contributed by atoms with E-state index < -0.39 is 0 Å². The first-order valence-corrected chi connectivity index (χ1v) is 8.96. The summed E-state index contributed by atoms with van der Waals surface area (Å²) in [4.78, 5) is 15.7. The number of rotatable bonds is 8. The molecule has 0 aliphatic carbocycles. The monoisotopic (exact) mass is 335 g/mol. The van der Waals surface area contributed by atoms with Gasteiger partial charge in [-0.15, -0.1) is 0 Å². The highest BCUT2D eigenvalue weighted by molar-refractivity contribution is 5.76. The van der Waals surface area contributed by atoms with Crippen LogP contribution in [0.3, 0.4) is 0 Å². The maximum absolute atomic E-state index is 10.9. The van der Waals surface area contributed by atoms with Gasteiger partial charge in [0.1, 0.15) is 5.82 Å². The van der Waals surface area contributed by atoms with E-state index in [1.54, 1.807) is 6.92 Å². The number of hydrogen-bond donors (Lipinski definition) is 1. The van der Waals surface area contributed by atoms with Gasteiger partial charge in [-0.3, -0.25) is 4.79 Å². The van der Waals surface area contributed by atoms with Crippen molar-refractivity contribution in [1.29, 1.82) is 0 Å². The van der Waals surface area contributed by atoms with Crippen molar-refractivity contribution in [2.75, 3.05) is 6.54 Å². The van der Waals surface area contributed by atoms with E-state index in [4.69, 9.17) is 4.98 Å². The number of hydrogen-bond acceptors (Lipinski definition) is 2. The third-order valence-corrected chi connectivity index (χ3v) is 4.37. The Hall–Kier alpha value is -2.62. The summed E-state index contributed by atoms with van der Waals surface area (Å²) in [5, 5.41) is 2.85. The zero-order valence-corrected chi connectivity index (χ0v) is 14.7. The SMILES string of the molecule is CC(=O)NCCCCCc1nc2ccccc2n1Cc1ccccc1. The largest absolute Gasteiger partial charge is 0.356 e. The minimum Gasteiger partial charge on any atom is -0.356 e. The van der Waals surface area contributed by atoms with Crippen molar-refractivity contribution in [2.24, 2.45) is 0 Å². The summed E-state index contributed by atoms with van der Waals surface area (Å²) < 4.78 is 2.33. The Morgan fingerprint density at radius 2 is 1.76 bits per heavy atom. The second-order valence-corrected chi connectivity index (χ2v) is 6.38. The number of unbranched alkanes of at least 4 members (excludes halogenated alkanes) is 2. The third-order valence-electron chi connectivity index (χ3n) is 4.37. The molecular weight excluding hydrogens is 310 g/mol. The van der Waals surface area contributed by atoms with Crippen LogP contribution in [0.25, 0.3) is 11.0 Å². The van der Waals surface area contributed by atoms with E-state index in [1.165, 1.54) is 11.1 Å². The number of imidazole rings is 1. The maximum atomic E-state index is 10.9. The van der Waals surface area contributed by atoms with Crippen molar-refractivity contribution in [2.45, 2.75) is 39.2 Å². The van der Waals surface area contributed by atoms with Crippen LogP contribution in [0, 0.1) is 0 Å². The van der Waals surface area contributed by atoms with E-state index in [9.17, 15) is 4.79 Å². The quantitative estimate of drug-likeness (QED) is 0.634. The van der Waals surface area contributed by atoms with Crippen LogP contribution in [-0.4, -0.2) is 22.0 Å². The van der Waals surface area contributed by atoms with Gasteiger partial charge in [0.2, 0.25) is 5.91 Å². The molecule has 0 aliphatic heterocycles. The number of carbonyl (C=O) groups excluding carboxylic acids is 1. The molecule has 1 aromatic heterocycles. The van der Waals surface area contributed by atoms with Crippen molar-refractivity contribution >= 4 is 16.9 Å². The van der Waals surface area contributed by atoms with Crippen LogP contribution >= 0.6 is 0 Å². The first-order chi connectivity index (χ1) is 12.2. The molecule has 2 aromatic carbocycles. The van der Waals surface area contributed by atoms with E-state index >= 15 is 0 Å². The van der Waals surface area contributed by atoms with Crippen molar-refractivity contribution in [3.63, 3.8) is 0 Å². The molecule has 1 heterocycles. The molecule has 0 bridgehead atoms. The predicted molar refractivity (Wildman–Crippen MR) is 102 cm³/mol. The highest BCUT2D eigenvalue weighted by Crippen LogP contribution is 2.19. The van der Waals surface area contributed by atoms with Crippen LogP contribution in [0.4, 0.5) is 0 Å². The minimum atomic E-state index is 0.0460. The number of para-hydroxylation sites is 2. The van der Waals surface area contributed by atoms with Crippen molar-refractivity contribution in [3.8, 4) is 0 Å². The van der Waals surface area contributed by atoms with Crippen LogP contribution in [-0.2, 0) is 17.8 Å². The highest BCUT2D eigenvalue weighted by atomic mass is 16.1. The standard InChI is InChI=1S/C21H25N3O/c1-17(25)22-15-9-3-6-14-21-23-19-12-7-8-13-20(19)24(21)16-18-10-4-2-5-11-18/h2,4-5,7-8,10-13H,3,6,9,14-16H2,1H3,(H,22,25). The Bertz CT molecular complexity index is 824. The fraction of sp³-hybridized carbons (Fsp3) is 0.333. The Labute approximate surface area is 148 Å². The molecule has 0 saturated carbocycles. The smallest absolute Gasteiger partial charge is 0.216 e. The molecule has 0 unspecified atom stereocenters. The van der Waals surface area contributed by atoms with Gasteiger partial charge in [0, 0.05) is 26.4 Å². The molecule has 1 amide bonds. The number of aromatic nitrogens is 2. The van der Waals surface area contributed by atoms with Gasteiger partial charge in [-0.25, -0.2) is 4.98 Å². The molecule has 0 fully saturated rings. The van der Waals surface area contributed by atoms with Crippen LogP contribution in [0.1, 0.15) is 37.6 Å². The Morgan fingerprint density at radius 1 is 1.00 bits per heavy atom. The molecule has 0 aliphatic rings. The van der Waals surface area contributed by atoms with Gasteiger partial charge < -0.3 is 9.88 Å². The summed E-state index contributed by atoms with van der Waals surface area (Å²) in [6, 6.07) is 18.9. The van der Waals surface area contributed by atoms with Gasteiger partial charge in [-0.1, -0.05) is 48.9 Å². The van der Waals surface area contributed by atoms with Gasteiger partial charge in [0.25, 0.3) is 0 Å². The van der Waals surface area contributed by atoms with Crippen molar-refractivity contribution in [3.05, 3.63) is 66.0 Å². The number of amides is 1. The van der Waals surface area contributed by atoms with Gasteiger partial charge in [0.05, 0.1) is 11.0 Å². The molecular formula is C21H25N3O. The normalized spacial score (nSPS) is 10.9. The molecule has 0 saturated heterocycles. The zero-order chi connectivity index (χ0) is 17.5. The van der Waals surface area contributed by atoms with E-state index in [1.807, 2.05) is 12.1 Å². The lowest BCUT2D eigenvalue weighted by molar-refractivity contribution is -0.118. The summed E-state index contributed by atoms with van der Waals surface area (Å²) in [6.07, 6.45) is 4.15. The van der Waals surface area contributed by atoms with Crippen LogP contribution in [0.2, 0.25) is 0 Å². The number of fused-ring (bicyclic) bond motifs is 1. The Kier molecular flexibility index (Phi) is 5.83. The highest BCUT2D eigenvalue weighted by Gasteiger charge is 2.10. The maximum Gasteiger partial charge on any atom is 0.216 e. The number of aryl methyl sites for hydroxylation is 1. The average Bonchev–Trinajstić information content (AvgIpc) is 2.96. The second-order valence-electron chi connectivity index (χ2n) is 6.38. The van der Waals surface area contributed by atoms with Crippen molar-refractivity contribution in [1.82, 2.24) is 14.9 Å². The number of nitrogens with one attached hydrogen (secondary N) is 1. The summed E-state index contributed by atoms with van der Waals surface area (Å²) in [5.41, 5.74) is 3.55. The lowest BCUT2D eigenvalue weighted by atomic mass is 10.1. The van der Waals surface area contributed by atoms with Gasteiger partial charge in [0.15, 0.2) is 0 Å². The molecule has 130 valence electrons. The molecule has 0 atom stereocenters. The predicted octanol–water partition coefficient (Wildman–Crippen LogP) is 3.93. The molecule has 4 nitrogen and oxygen atoms in total. The molecule has 3 rings (SSSR count). The summed E-state index contributed by atoms with van der Waals surface area (Å²) >= 11 is 0. The molecule has 0 radical (unpaired) electrons. The molecule has 3 aromatic rings. The van der Waals surface area contributed by atoms with Crippen LogP contribution in [0.15, 0.2) is 54.6 Å². The zero-order valence-electron chi connectivity index (χ0n) is 14.7. The van der Waals surface area contributed by atoms with Gasteiger partial charge in [-0.2, -0.15) is 0 Å². The van der Waals surface area contributed by atoms with E-state index in [0.29, 0.717) is 0 Å². The topological polar surface area (TPSA) is 46.9 Å². The first kappa shape index (κ1) is 17.2. The third kappa shape index (κ3) is 4.69. The number of carbonyl (C=O) groups is 1. The summed E-state index contributed by atoms with van der Waals surface area (Å²) in [7, 11) is 0. The Balaban J connectivity index is 1.69. The second kappa shape index (κ2) is 8.47. The van der Waals surface area contributed by atoms with E-state index in [2.05, 4.69) is 52.3 Å². The lowest BCUT2D eigenvalue weighted by Crippen LogP contribution is -2.20. The van der Waals surface area contributed by atoms with Gasteiger partial charge >= 0.3 is 0 Å². The van der Waals surface area contributed by atoms with E-state index in [0.717, 1.165) is 50.1 Å². The fourth-order valence-electron chi connectivity index (χ4n) is 3.11. The van der Waals surface area contributed by atoms with E-state index in [-0.39, 0.29) is 5.91 Å².